The van der Waals surface area contributed by atoms with Crippen LogP contribution in [0.5, 0.6) is 0 Å². The first kappa shape index (κ1) is 19.6. The number of aryl methyl sites for hydroxylation is 1. The van der Waals surface area contributed by atoms with Crippen molar-refractivity contribution in [1.29, 1.82) is 0 Å². The van der Waals surface area contributed by atoms with Gasteiger partial charge in [-0.1, -0.05) is 50.2 Å². The first-order valence-electron chi connectivity index (χ1n) is 9.80. The van der Waals surface area contributed by atoms with Gasteiger partial charge in [-0.25, -0.2) is 13.8 Å². The molecule has 0 fully saturated rings. The fourth-order valence-electron chi connectivity index (χ4n) is 4.62. The van der Waals surface area contributed by atoms with Gasteiger partial charge in [-0.05, 0) is 46.7 Å². The summed E-state index contributed by atoms with van der Waals surface area (Å²) in [5.74, 6) is 0.102. The number of rotatable bonds is 3. The second kappa shape index (κ2) is 6.65. The third-order valence-corrected chi connectivity index (χ3v) is 6.39. The summed E-state index contributed by atoms with van der Waals surface area (Å²) in [5.41, 5.74) is 8.85. The Morgan fingerprint density at radius 1 is 1.17 bits per heavy atom. The van der Waals surface area contributed by atoms with Gasteiger partial charge in [0, 0.05) is 18.9 Å². The summed E-state index contributed by atoms with van der Waals surface area (Å²) in [6.45, 7) is 4.11. The van der Waals surface area contributed by atoms with E-state index in [9.17, 15) is 13.6 Å². The maximum atomic E-state index is 13.3. The number of halogens is 2. The Hall–Kier alpha value is -2.76. The number of alkyl halides is 2. The number of amides is 1. The van der Waals surface area contributed by atoms with Crippen molar-refractivity contribution >= 4 is 11.9 Å². The van der Waals surface area contributed by atoms with Gasteiger partial charge >= 0.3 is 0 Å². The van der Waals surface area contributed by atoms with Crippen molar-refractivity contribution in [3.8, 4) is 11.1 Å². The summed E-state index contributed by atoms with van der Waals surface area (Å²) in [7, 11) is 1.65. The van der Waals surface area contributed by atoms with Gasteiger partial charge in [0.2, 0.25) is 6.43 Å². The minimum absolute atomic E-state index is 0.121. The monoisotopic (exact) mass is 397 g/mol. The molecule has 2 aromatic rings. The fraction of sp³-hybridized carbons (Fsp3) is 0.391. The zero-order valence-electron chi connectivity index (χ0n) is 16.9. The summed E-state index contributed by atoms with van der Waals surface area (Å²) in [6.07, 6.45) is -0.997. The Kier molecular flexibility index (Phi) is 4.48. The second-order valence-corrected chi connectivity index (χ2v) is 8.60. The molecule has 29 heavy (non-hydrogen) atoms. The van der Waals surface area contributed by atoms with Crippen LogP contribution in [0.2, 0.25) is 0 Å². The molecule has 2 aromatic carbocycles. The van der Waals surface area contributed by atoms with Gasteiger partial charge in [0.05, 0.1) is 0 Å². The van der Waals surface area contributed by atoms with E-state index in [4.69, 9.17) is 10.7 Å². The van der Waals surface area contributed by atoms with E-state index in [1.165, 1.54) is 4.90 Å². The molecule has 1 aliphatic heterocycles. The van der Waals surface area contributed by atoms with Crippen LogP contribution in [0.3, 0.4) is 0 Å². The van der Waals surface area contributed by atoms with Crippen LogP contribution in [-0.4, -0.2) is 30.2 Å². The first-order valence-corrected chi connectivity index (χ1v) is 9.80. The van der Waals surface area contributed by atoms with E-state index < -0.39 is 17.4 Å². The predicted octanol–water partition coefficient (Wildman–Crippen LogP) is 4.12. The molecular weight excluding hydrogens is 372 g/mol. The molecule has 1 heterocycles. The molecular formula is C23H25F2N3O. The number of likely N-dealkylation sites (N-methyl/N-ethyl adjacent to an activating group) is 1. The number of carbonyl (C=O) groups excluding carboxylic acids is 1. The lowest BCUT2D eigenvalue weighted by Crippen LogP contribution is -2.51. The molecule has 2 N–H and O–H groups in total. The van der Waals surface area contributed by atoms with Crippen LogP contribution in [0.1, 0.15) is 37.0 Å². The van der Waals surface area contributed by atoms with Gasteiger partial charge in [-0.2, -0.15) is 0 Å². The zero-order valence-corrected chi connectivity index (χ0v) is 16.9. The number of guanidine groups is 1. The highest BCUT2D eigenvalue weighted by molar-refractivity contribution is 6.07. The van der Waals surface area contributed by atoms with Gasteiger partial charge in [-0.15, -0.1) is 0 Å². The smallest absolute Gasteiger partial charge is 0.262 e. The summed E-state index contributed by atoms with van der Waals surface area (Å²) in [5, 5.41) is 0. The van der Waals surface area contributed by atoms with Crippen molar-refractivity contribution in [1.82, 2.24) is 4.90 Å². The number of nitrogens with two attached hydrogens (primary N) is 1. The molecule has 1 spiro atoms. The number of aliphatic imine (C=N–C) groups is 1. The molecule has 0 aromatic heterocycles. The maximum Gasteiger partial charge on any atom is 0.262 e. The molecule has 0 radical (unpaired) electrons. The van der Waals surface area contributed by atoms with Crippen LogP contribution in [0.15, 0.2) is 47.5 Å². The molecule has 4 rings (SSSR count). The van der Waals surface area contributed by atoms with Gasteiger partial charge in [0.25, 0.3) is 5.91 Å². The Balaban J connectivity index is 1.87. The zero-order chi connectivity index (χ0) is 21.0. The molecule has 0 saturated heterocycles. The van der Waals surface area contributed by atoms with E-state index in [2.05, 4.69) is 13.8 Å². The van der Waals surface area contributed by atoms with E-state index in [1.807, 2.05) is 24.3 Å². The average molecular weight is 397 g/mol. The highest BCUT2D eigenvalue weighted by Crippen LogP contribution is 2.54. The first-order chi connectivity index (χ1) is 13.7. The highest BCUT2D eigenvalue weighted by Gasteiger charge is 2.59. The Morgan fingerprint density at radius 2 is 1.90 bits per heavy atom. The van der Waals surface area contributed by atoms with Crippen LogP contribution in [0.25, 0.3) is 11.1 Å². The topological polar surface area (TPSA) is 58.7 Å². The quantitative estimate of drug-likeness (QED) is 0.847. The molecule has 1 unspecified atom stereocenters. The molecule has 6 heteroatoms. The molecule has 2 aliphatic rings. The number of nitrogens with zero attached hydrogens (tertiary/aromatic N) is 2. The van der Waals surface area contributed by atoms with Gasteiger partial charge in [-0.3, -0.25) is 9.69 Å². The van der Waals surface area contributed by atoms with Crippen molar-refractivity contribution in [2.24, 2.45) is 16.1 Å². The summed E-state index contributed by atoms with van der Waals surface area (Å²) in [4.78, 5) is 19.5. The summed E-state index contributed by atoms with van der Waals surface area (Å²) < 4.78 is 25.6. The molecule has 0 saturated carbocycles. The lowest BCUT2D eigenvalue weighted by Gasteiger charge is -2.45. The Morgan fingerprint density at radius 3 is 2.55 bits per heavy atom. The third kappa shape index (κ3) is 2.93. The van der Waals surface area contributed by atoms with Gasteiger partial charge < -0.3 is 5.73 Å². The lowest BCUT2D eigenvalue weighted by atomic mass is 9.60. The minimum Gasteiger partial charge on any atom is -0.369 e. The van der Waals surface area contributed by atoms with E-state index in [-0.39, 0.29) is 18.3 Å². The molecule has 1 atom stereocenters. The standard InChI is InChI=1S/C23H25F2N3O/c1-22(2)10-9-15-7-8-17(16-6-4-5-14(11-16)12-19(24)25)13-18(15)23(22)20(29)28(3)21(26)27-23/h4-8,11,13,19H,9-10,12H2,1-3H3,(H2,26,27). The number of carbonyl (C=O) groups is 1. The molecule has 152 valence electrons. The van der Waals surface area contributed by atoms with Crippen LogP contribution >= 0.6 is 0 Å². The Labute approximate surface area is 169 Å². The van der Waals surface area contributed by atoms with Gasteiger partial charge in [0.15, 0.2) is 11.5 Å². The number of fused-ring (bicyclic) bond motifs is 2. The molecule has 1 aliphatic carbocycles. The normalized spacial score (nSPS) is 22.9. The average Bonchev–Trinajstić information content (AvgIpc) is 2.90. The van der Waals surface area contributed by atoms with E-state index in [0.717, 1.165) is 35.1 Å². The number of benzene rings is 2. The third-order valence-electron chi connectivity index (χ3n) is 6.39. The molecule has 4 nitrogen and oxygen atoms in total. The summed E-state index contributed by atoms with van der Waals surface area (Å²) in [6, 6.07) is 13.2. The maximum absolute atomic E-state index is 13.3. The minimum atomic E-state index is -2.39. The SMILES string of the molecule is CN1C(=O)C2(N=C1N)c1cc(-c3cccc(CC(F)F)c3)ccc1CCC2(C)C. The fourth-order valence-corrected chi connectivity index (χ4v) is 4.62. The molecule has 1 amide bonds. The van der Waals surface area contributed by atoms with Crippen molar-refractivity contribution in [3.63, 3.8) is 0 Å². The second-order valence-electron chi connectivity index (χ2n) is 8.60. The largest absolute Gasteiger partial charge is 0.369 e. The highest BCUT2D eigenvalue weighted by atomic mass is 19.3. The van der Waals surface area contributed by atoms with Crippen LogP contribution in [0, 0.1) is 5.41 Å². The molecule has 0 bridgehead atoms. The van der Waals surface area contributed by atoms with Gasteiger partial charge in [0.1, 0.15) is 0 Å². The van der Waals surface area contributed by atoms with Crippen LogP contribution in [0.4, 0.5) is 8.78 Å². The Bertz CT molecular complexity index is 1010. The van der Waals surface area contributed by atoms with E-state index in [0.29, 0.717) is 5.56 Å². The number of hydrogen-bond donors (Lipinski definition) is 1. The number of hydrogen-bond acceptors (Lipinski definition) is 3. The van der Waals surface area contributed by atoms with E-state index >= 15 is 0 Å². The van der Waals surface area contributed by atoms with Crippen molar-refractivity contribution < 1.29 is 13.6 Å². The van der Waals surface area contributed by atoms with Crippen LogP contribution < -0.4 is 5.73 Å². The van der Waals surface area contributed by atoms with Crippen molar-refractivity contribution in [3.05, 3.63) is 59.2 Å². The van der Waals surface area contributed by atoms with Crippen LogP contribution in [-0.2, 0) is 23.2 Å². The summed E-state index contributed by atoms with van der Waals surface area (Å²) >= 11 is 0. The van der Waals surface area contributed by atoms with Crippen molar-refractivity contribution in [2.45, 2.75) is 45.1 Å². The lowest BCUT2D eigenvalue weighted by molar-refractivity contribution is -0.135. The van der Waals surface area contributed by atoms with E-state index in [1.54, 1.807) is 25.2 Å². The predicted molar refractivity (Wildman–Crippen MR) is 110 cm³/mol. The van der Waals surface area contributed by atoms with Crippen molar-refractivity contribution in [2.75, 3.05) is 7.05 Å².